The molecule has 0 heterocycles. The van der Waals surface area contributed by atoms with E-state index in [1.807, 2.05) is 0 Å². The van der Waals surface area contributed by atoms with Gasteiger partial charge in [-0.05, 0) is 18.6 Å². The molecule has 0 bridgehead atoms. The molecule has 0 saturated heterocycles. The fourth-order valence-electron chi connectivity index (χ4n) is 1.92. The summed E-state index contributed by atoms with van der Waals surface area (Å²) in [7, 11) is 1.09. The Labute approximate surface area is 124 Å². The number of carbonyl (C=O) groups is 2. The number of rotatable bonds is 6. The number of nitro benzene ring substituents is 1. The topological polar surface area (TPSA) is 147 Å². The average Bonchev–Trinajstić information content (AvgIpc) is 2.44. The lowest BCUT2D eigenvalue weighted by Crippen LogP contribution is -2.22. The van der Waals surface area contributed by atoms with Gasteiger partial charge >= 0.3 is 11.9 Å². The summed E-state index contributed by atoms with van der Waals surface area (Å²) in [5.74, 6) is -2.19. The van der Waals surface area contributed by atoms with Gasteiger partial charge in [-0.1, -0.05) is 0 Å². The number of carboxylic acid groups (broad SMARTS) is 1. The number of nitrogens with zero attached hydrogens (tertiary/aromatic N) is 1. The van der Waals surface area contributed by atoms with Crippen LogP contribution in [0, 0.1) is 17.0 Å². The van der Waals surface area contributed by atoms with E-state index in [9.17, 15) is 29.9 Å². The summed E-state index contributed by atoms with van der Waals surface area (Å²) in [6.45, 7) is 1.34. The molecule has 3 N–H and O–H groups in total. The molecule has 22 heavy (non-hydrogen) atoms. The highest BCUT2D eigenvalue weighted by Gasteiger charge is 2.27. The van der Waals surface area contributed by atoms with Gasteiger partial charge in [0.2, 0.25) is 0 Å². The van der Waals surface area contributed by atoms with Crippen LogP contribution in [0.15, 0.2) is 12.1 Å². The first-order chi connectivity index (χ1) is 10.2. The second-order valence-electron chi connectivity index (χ2n) is 4.57. The number of nitro groups is 1. The van der Waals surface area contributed by atoms with Crippen molar-refractivity contribution in [2.75, 3.05) is 7.11 Å². The number of hydrogen-bond donors (Lipinski definition) is 3. The van der Waals surface area contributed by atoms with E-state index in [2.05, 4.69) is 4.74 Å². The van der Waals surface area contributed by atoms with E-state index in [4.69, 9.17) is 5.11 Å². The summed E-state index contributed by atoms with van der Waals surface area (Å²) < 4.78 is 4.51. The Balaban J connectivity index is 3.36. The number of methoxy groups -OCH3 is 1. The summed E-state index contributed by atoms with van der Waals surface area (Å²) in [6, 6.07) is 2.11. The van der Waals surface area contributed by atoms with Crippen molar-refractivity contribution in [2.24, 2.45) is 0 Å². The van der Waals surface area contributed by atoms with Crippen molar-refractivity contribution in [1.29, 1.82) is 0 Å². The molecule has 1 rings (SSSR count). The summed E-state index contributed by atoms with van der Waals surface area (Å²) in [5, 5.41) is 39.2. The lowest BCUT2D eigenvalue weighted by atomic mass is 9.96. The molecule has 2 atom stereocenters. The molecule has 9 nitrogen and oxygen atoms in total. The van der Waals surface area contributed by atoms with Crippen molar-refractivity contribution in [3.8, 4) is 0 Å². The second-order valence-corrected chi connectivity index (χ2v) is 4.57. The van der Waals surface area contributed by atoms with Gasteiger partial charge in [0.05, 0.1) is 30.1 Å². The molecule has 0 aliphatic heterocycles. The number of benzene rings is 1. The van der Waals surface area contributed by atoms with Gasteiger partial charge in [0, 0.05) is 11.6 Å². The SMILES string of the molecule is COC(=O)c1cc(C(O)C(O)CC(=O)O)cc([N+](=O)[O-])c1C. The average molecular weight is 313 g/mol. The maximum Gasteiger partial charge on any atom is 0.338 e. The van der Waals surface area contributed by atoms with Gasteiger partial charge in [0.1, 0.15) is 6.10 Å². The van der Waals surface area contributed by atoms with Crippen molar-refractivity contribution >= 4 is 17.6 Å². The Bertz CT molecular complexity index is 612. The summed E-state index contributed by atoms with van der Waals surface area (Å²) in [4.78, 5) is 32.5. The third-order valence-corrected chi connectivity index (χ3v) is 3.09. The maximum atomic E-state index is 11.6. The molecule has 0 spiro atoms. The van der Waals surface area contributed by atoms with Gasteiger partial charge in [-0.2, -0.15) is 0 Å². The molecule has 0 amide bonds. The number of aliphatic hydroxyl groups is 2. The van der Waals surface area contributed by atoms with Crippen LogP contribution >= 0.6 is 0 Å². The van der Waals surface area contributed by atoms with Crippen LogP contribution in [0.25, 0.3) is 0 Å². The van der Waals surface area contributed by atoms with Gasteiger partial charge in [-0.3, -0.25) is 14.9 Å². The Morgan fingerprint density at radius 2 is 1.95 bits per heavy atom. The van der Waals surface area contributed by atoms with Crippen molar-refractivity contribution in [2.45, 2.75) is 25.6 Å². The van der Waals surface area contributed by atoms with Crippen LogP contribution in [-0.2, 0) is 9.53 Å². The lowest BCUT2D eigenvalue weighted by Gasteiger charge is -2.17. The van der Waals surface area contributed by atoms with Gasteiger partial charge in [0.25, 0.3) is 5.69 Å². The third-order valence-electron chi connectivity index (χ3n) is 3.09. The highest BCUT2D eigenvalue weighted by atomic mass is 16.6. The highest BCUT2D eigenvalue weighted by Crippen LogP contribution is 2.29. The molecule has 1 aromatic carbocycles. The van der Waals surface area contributed by atoms with E-state index in [1.54, 1.807) is 0 Å². The minimum atomic E-state index is -1.70. The largest absolute Gasteiger partial charge is 0.481 e. The first-order valence-corrected chi connectivity index (χ1v) is 6.14. The molecule has 1 aromatic rings. The highest BCUT2D eigenvalue weighted by molar-refractivity contribution is 5.92. The van der Waals surface area contributed by atoms with Crippen LogP contribution in [-0.4, -0.2) is 45.4 Å². The molecular formula is C13H15NO8. The fraction of sp³-hybridized carbons (Fsp3) is 0.385. The van der Waals surface area contributed by atoms with E-state index in [-0.39, 0.29) is 16.7 Å². The van der Waals surface area contributed by atoms with Gasteiger partial charge in [-0.25, -0.2) is 4.79 Å². The smallest absolute Gasteiger partial charge is 0.338 e. The predicted molar refractivity (Wildman–Crippen MR) is 72.4 cm³/mol. The Morgan fingerprint density at radius 3 is 2.41 bits per heavy atom. The first-order valence-electron chi connectivity index (χ1n) is 6.14. The molecule has 0 radical (unpaired) electrons. The van der Waals surface area contributed by atoms with E-state index >= 15 is 0 Å². The van der Waals surface area contributed by atoms with Crippen LogP contribution in [0.5, 0.6) is 0 Å². The molecule has 0 aliphatic carbocycles. The summed E-state index contributed by atoms with van der Waals surface area (Å²) in [5.41, 5.74) is -0.695. The molecule has 0 fully saturated rings. The predicted octanol–water partition coefficient (Wildman–Crippen LogP) is 0.559. The first kappa shape index (κ1) is 17.5. The van der Waals surface area contributed by atoms with E-state index < -0.39 is 41.2 Å². The summed E-state index contributed by atoms with van der Waals surface area (Å²) >= 11 is 0. The molecule has 2 unspecified atom stereocenters. The number of carboxylic acids is 1. The Hall–Kier alpha value is -2.52. The fourth-order valence-corrected chi connectivity index (χ4v) is 1.92. The number of ether oxygens (including phenoxy) is 1. The number of esters is 1. The Kier molecular flexibility index (Phi) is 5.55. The molecule has 0 aromatic heterocycles. The number of carbonyl (C=O) groups excluding carboxylic acids is 1. The van der Waals surface area contributed by atoms with Crippen LogP contribution < -0.4 is 0 Å². The zero-order valence-electron chi connectivity index (χ0n) is 11.8. The number of aliphatic hydroxyl groups excluding tert-OH is 2. The van der Waals surface area contributed by atoms with Crippen LogP contribution in [0.3, 0.4) is 0 Å². The second kappa shape index (κ2) is 6.96. The number of aliphatic carboxylic acids is 1. The molecular weight excluding hydrogens is 298 g/mol. The lowest BCUT2D eigenvalue weighted by molar-refractivity contribution is -0.385. The Morgan fingerprint density at radius 1 is 1.36 bits per heavy atom. The molecule has 9 heteroatoms. The molecule has 0 saturated carbocycles. The van der Waals surface area contributed by atoms with Crippen molar-refractivity contribution < 1.29 is 34.6 Å². The third kappa shape index (κ3) is 3.77. The molecule has 120 valence electrons. The van der Waals surface area contributed by atoms with Crippen molar-refractivity contribution in [1.82, 2.24) is 0 Å². The van der Waals surface area contributed by atoms with Crippen molar-refractivity contribution in [3.05, 3.63) is 38.9 Å². The van der Waals surface area contributed by atoms with Crippen LogP contribution in [0.1, 0.15) is 34.0 Å². The van der Waals surface area contributed by atoms with Gasteiger partial charge in [-0.15, -0.1) is 0 Å². The monoisotopic (exact) mass is 313 g/mol. The van der Waals surface area contributed by atoms with E-state index in [1.165, 1.54) is 6.92 Å². The van der Waals surface area contributed by atoms with Crippen LogP contribution in [0.4, 0.5) is 5.69 Å². The van der Waals surface area contributed by atoms with Gasteiger partial charge < -0.3 is 20.1 Å². The van der Waals surface area contributed by atoms with Crippen LogP contribution in [0.2, 0.25) is 0 Å². The quantitative estimate of drug-likeness (QED) is 0.392. The van der Waals surface area contributed by atoms with Gasteiger partial charge in [0.15, 0.2) is 0 Å². The van der Waals surface area contributed by atoms with Crippen molar-refractivity contribution in [3.63, 3.8) is 0 Å². The molecule has 0 aliphatic rings. The van der Waals surface area contributed by atoms with E-state index in [0.717, 1.165) is 19.2 Å². The zero-order valence-corrected chi connectivity index (χ0v) is 11.8. The summed E-state index contributed by atoms with van der Waals surface area (Å²) in [6.07, 6.45) is -4.12. The van der Waals surface area contributed by atoms with E-state index in [0.29, 0.717) is 0 Å². The standard InChI is InChI=1S/C13H15NO8/c1-6-8(13(19)22-2)3-7(4-9(6)14(20)21)12(18)10(15)5-11(16)17/h3-4,10,12,15,18H,5H2,1-2H3,(H,16,17). The minimum Gasteiger partial charge on any atom is -0.481 e. The number of hydrogen-bond acceptors (Lipinski definition) is 7. The minimum absolute atomic E-state index is 0.0422. The maximum absolute atomic E-state index is 11.6. The normalized spacial score (nSPS) is 13.3. The zero-order chi connectivity index (χ0) is 17.0.